The van der Waals surface area contributed by atoms with Crippen molar-refractivity contribution in [3.63, 3.8) is 0 Å². The molecule has 1 aromatic rings. The summed E-state index contributed by atoms with van der Waals surface area (Å²) in [5.74, 6) is 0.112. The van der Waals surface area contributed by atoms with Crippen molar-refractivity contribution in [1.82, 2.24) is 9.97 Å². The van der Waals surface area contributed by atoms with E-state index >= 15 is 0 Å². The minimum absolute atomic E-state index is 0.0548. The first kappa shape index (κ1) is 12.8. The summed E-state index contributed by atoms with van der Waals surface area (Å²) in [5.41, 5.74) is 0.318. The number of carboxylic acids is 1. The van der Waals surface area contributed by atoms with Gasteiger partial charge in [-0.2, -0.15) is 0 Å². The van der Waals surface area contributed by atoms with Crippen molar-refractivity contribution in [3.05, 3.63) is 18.0 Å². The largest absolute Gasteiger partial charge is 0.477 e. The molecule has 1 aliphatic rings. The van der Waals surface area contributed by atoms with Crippen LogP contribution < -0.4 is 4.90 Å². The number of carboxylic acid groups (broad SMARTS) is 1. The van der Waals surface area contributed by atoms with E-state index in [9.17, 15) is 4.79 Å². The van der Waals surface area contributed by atoms with Gasteiger partial charge in [-0.1, -0.05) is 20.8 Å². The molecule has 0 aromatic carbocycles. The molecule has 0 radical (unpaired) electrons. The Balaban J connectivity index is 2.14. The number of rotatable bonds is 2. The van der Waals surface area contributed by atoms with Crippen molar-refractivity contribution in [2.45, 2.75) is 27.2 Å². The molecule has 5 heteroatoms. The van der Waals surface area contributed by atoms with Gasteiger partial charge in [0.15, 0.2) is 5.69 Å². The minimum Gasteiger partial charge on any atom is -0.477 e. The highest BCUT2D eigenvalue weighted by Gasteiger charge is 2.32. The molecule has 0 amide bonds. The lowest BCUT2D eigenvalue weighted by Crippen LogP contribution is -2.27. The van der Waals surface area contributed by atoms with Gasteiger partial charge in [0.05, 0.1) is 0 Å². The molecular weight excluding hydrogens is 230 g/mol. The van der Waals surface area contributed by atoms with Gasteiger partial charge in [-0.15, -0.1) is 0 Å². The lowest BCUT2D eigenvalue weighted by atomic mass is 9.80. The first-order chi connectivity index (χ1) is 8.38. The molecule has 1 aromatic heterocycles. The van der Waals surface area contributed by atoms with Crippen molar-refractivity contribution in [2.75, 3.05) is 18.0 Å². The van der Waals surface area contributed by atoms with Crippen molar-refractivity contribution in [3.8, 4) is 0 Å². The fourth-order valence-electron chi connectivity index (χ4n) is 2.27. The van der Waals surface area contributed by atoms with Gasteiger partial charge in [-0.3, -0.25) is 0 Å². The Labute approximate surface area is 107 Å². The molecule has 2 heterocycles. The summed E-state index contributed by atoms with van der Waals surface area (Å²) in [4.78, 5) is 21.2. The van der Waals surface area contributed by atoms with E-state index in [1.807, 2.05) is 0 Å². The second-order valence-corrected chi connectivity index (χ2v) is 5.84. The molecule has 1 N–H and O–H groups in total. The number of hydrogen-bond acceptors (Lipinski definition) is 4. The highest BCUT2D eigenvalue weighted by Crippen LogP contribution is 2.34. The summed E-state index contributed by atoms with van der Waals surface area (Å²) in [7, 11) is 0. The first-order valence-electron chi connectivity index (χ1n) is 6.19. The number of carbonyl (C=O) groups is 1. The standard InChI is InChI=1S/C13H19N3O2/c1-13(2,3)9-5-7-16(8-9)12-14-6-4-10(15-12)11(17)18/h4,6,9H,5,7-8H2,1-3H3,(H,17,18). The fourth-order valence-corrected chi connectivity index (χ4v) is 2.27. The number of aromatic nitrogens is 2. The van der Waals surface area contributed by atoms with Crippen LogP contribution in [0.4, 0.5) is 5.95 Å². The van der Waals surface area contributed by atoms with Crippen molar-refractivity contribution >= 4 is 11.9 Å². The molecule has 0 bridgehead atoms. The predicted molar refractivity (Wildman–Crippen MR) is 68.8 cm³/mol. The molecule has 1 aliphatic heterocycles. The van der Waals surface area contributed by atoms with E-state index in [-0.39, 0.29) is 11.1 Å². The van der Waals surface area contributed by atoms with Crippen LogP contribution in [0.3, 0.4) is 0 Å². The Kier molecular flexibility index (Phi) is 3.24. The molecule has 1 unspecified atom stereocenters. The normalized spacial score (nSPS) is 20.2. The Morgan fingerprint density at radius 3 is 2.78 bits per heavy atom. The molecular formula is C13H19N3O2. The van der Waals surface area contributed by atoms with Crippen molar-refractivity contribution in [1.29, 1.82) is 0 Å². The molecule has 0 saturated carbocycles. The maximum absolute atomic E-state index is 10.9. The maximum atomic E-state index is 10.9. The fraction of sp³-hybridized carbons (Fsp3) is 0.615. The Morgan fingerprint density at radius 1 is 1.50 bits per heavy atom. The average Bonchev–Trinajstić information content (AvgIpc) is 2.78. The summed E-state index contributed by atoms with van der Waals surface area (Å²) in [6.45, 7) is 8.48. The van der Waals surface area contributed by atoms with Gasteiger partial charge in [-0.25, -0.2) is 14.8 Å². The highest BCUT2D eigenvalue weighted by atomic mass is 16.4. The molecule has 1 atom stereocenters. The van der Waals surface area contributed by atoms with Crippen molar-refractivity contribution in [2.24, 2.45) is 11.3 Å². The van der Waals surface area contributed by atoms with Crippen LogP contribution in [0.1, 0.15) is 37.7 Å². The third-order valence-electron chi connectivity index (χ3n) is 3.56. The molecule has 98 valence electrons. The SMILES string of the molecule is CC(C)(C)C1CCN(c2nccc(C(=O)O)n2)C1. The molecule has 1 saturated heterocycles. The lowest BCUT2D eigenvalue weighted by Gasteiger charge is -2.26. The number of nitrogens with zero attached hydrogens (tertiary/aromatic N) is 3. The second kappa shape index (κ2) is 4.55. The van der Waals surface area contributed by atoms with Gasteiger partial charge in [0.25, 0.3) is 0 Å². The van der Waals surface area contributed by atoms with Crippen LogP contribution in [-0.2, 0) is 0 Å². The van der Waals surface area contributed by atoms with Gasteiger partial charge in [-0.05, 0) is 23.8 Å². The quantitative estimate of drug-likeness (QED) is 0.868. The van der Waals surface area contributed by atoms with E-state index < -0.39 is 5.97 Å². The summed E-state index contributed by atoms with van der Waals surface area (Å²) in [6, 6.07) is 1.42. The van der Waals surface area contributed by atoms with Crippen LogP contribution in [0.5, 0.6) is 0 Å². The van der Waals surface area contributed by atoms with Crippen LogP contribution in [-0.4, -0.2) is 34.1 Å². The minimum atomic E-state index is -1.01. The van der Waals surface area contributed by atoms with Crippen LogP contribution in [0.15, 0.2) is 12.3 Å². The topological polar surface area (TPSA) is 66.3 Å². The zero-order chi connectivity index (χ0) is 13.3. The van der Waals surface area contributed by atoms with E-state index in [1.54, 1.807) is 0 Å². The molecule has 0 spiro atoms. The Hall–Kier alpha value is -1.65. The summed E-state index contributed by atoms with van der Waals surface area (Å²) in [5, 5.41) is 8.92. The van der Waals surface area contributed by atoms with Gasteiger partial charge in [0.2, 0.25) is 5.95 Å². The average molecular weight is 249 g/mol. The molecule has 2 rings (SSSR count). The maximum Gasteiger partial charge on any atom is 0.354 e. The van der Waals surface area contributed by atoms with Gasteiger partial charge in [0, 0.05) is 19.3 Å². The van der Waals surface area contributed by atoms with Crippen molar-refractivity contribution < 1.29 is 9.90 Å². The predicted octanol–water partition coefficient (Wildman–Crippen LogP) is 2.05. The van der Waals surface area contributed by atoms with E-state index in [4.69, 9.17) is 5.11 Å². The molecule has 0 aliphatic carbocycles. The zero-order valence-electron chi connectivity index (χ0n) is 11.1. The van der Waals surface area contributed by atoms with Gasteiger partial charge < -0.3 is 10.0 Å². The first-order valence-corrected chi connectivity index (χ1v) is 6.19. The third kappa shape index (κ3) is 2.60. The van der Waals surface area contributed by atoms with Gasteiger partial charge in [0.1, 0.15) is 0 Å². The summed E-state index contributed by atoms with van der Waals surface area (Å²) < 4.78 is 0. The summed E-state index contributed by atoms with van der Waals surface area (Å²) in [6.07, 6.45) is 2.61. The van der Waals surface area contributed by atoms with E-state index in [0.717, 1.165) is 19.5 Å². The smallest absolute Gasteiger partial charge is 0.354 e. The van der Waals surface area contributed by atoms with E-state index in [2.05, 4.69) is 35.6 Å². The van der Waals surface area contributed by atoms with Crippen LogP contribution in [0.2, 0.25) is 0 Å². The molecule has 5 nitrogen and oxygen atoms in total. The monoisotopic (exact) mass is 249 g/mol. The molecule has 18 heavy (non-hydrogen) atoms. The van der Waals surface area contributed by atoms with Gasteiger partial charge >= 0.3 is 5.97 Å². The van der Waals surface area contributed by atoms with Crippen LogP contribution >= 0.6 is 0 Å². The Morgan fingerprint density at radius 2 is 2.22 bits per heavy atom. The van der Waals surface area contributed by atoms with Crippen LogP contribution in [0.25, 0.3) is 0 Å². The second-order valence-electron chi connectivity index (χ2n) is 5.84. The number of hydrogen-bond donors (Lipinski definition) is 1. The number of anilines is 1. The zero-order valence-corrected chi connectivity index (χ0v) is 11.1. The number of aromatic carboxylic acids is 1. The molecule has 1 fully saturated rings. The summed E-state index contributed by atoms with van der Waals surface area (Å²) >= 11 is 0. The lowest BCUT2D eigenvalue weighted by molar-refractivity contribution is 0.0690. The van der Waals surface area contributed by atoms with E-state index in [1.165, 1.54) is 12.3 Å². The van der Waals surface area contributed by atoms with E-state index in [0.29, 0.717) is 11.9 Å². The van der Waals surface area contributed by atoms with Crippen LogP contribution in [0, 0.1) is 11.3 Å². The third-order valence-corrected chi connectivity index (χ3v) is 3.56. The highest BCUT2D eigenvalue weighted by molar-refractivity contribution is 5.85. The Bertz CT molecular complexity index is 454.